The van der Waals surface area contributed by atoms with Crippen LogP contribution in [-0.4, -0.2) is 17.3 Å². The van der Waals surface area contributed by atoms with Crippen LogP contribution in [0.15, 0.2) is 22.6 Å². The third-order valence-electron chi connectivity index (χ3n) is 1.78. The number of nitrogens with zero attached hydrogens (tertiary/aromatic N) is 1. The lowest BCUT2D eigenvalue weighted by Crippen LogP contribution is -1.87. The van der Waals surface area contributed by atoms with Gasteiger partial charge < -0.3 is 9.15 Å². The van der Waals surface area contributed by atoms with Gasteiger partial charge in [-0.2, -0.15) is 4.98 Å². The molecule has 0 fully saturated rings. The minimum absolute atomic E-state index is 0.116. The van der Waals surface area contributed by atoms with E-state index in [1.807, 2.05) is 0 Å². The molecule has 1 heterocycles. The lowest BCUT2D eigenvalue weighted by molar-refractivity contribution is 0.108. The fraction of sp³-hybridized carbons (Fsp3) is 0.111. The first kappa shape index (κ1) is 9.02. The van der Waals surface area contributed by atoms with Gasteiger partial charge >= 0.3 is 6.08 Å². The van der Waals surface area contributed by atoms with Crippen molar-refractivity contribution in [1.82, 2.24) is 4.98 Å². The zero-order valence-corrected chi connectivity index (χ0v) is 8.04. The van der Waals surface area contributed by atoms with Crippen LogP contribution < -0.4 is 4.74 Å². The lowest BCUT2D eigenvalue weighted by atomic mass is 10.2. The second-order valence-electron chi connectivity index (χ2n) is 2.61. The van der Waals surface area contributed by atoms with Gasteiger partial charge in [0.15, 0.2) is 5.58 Å². The van der Waals surface area contributed by atoms with E-state index in [-0.39, 0.29) is 6.08 Å². The van der Waals surface area contributed by atoms with E-state index in [0.29, 0.717) is 16.7 Å². The van der Waals surface area contributed by atoms with Crippen LogP contribution in [0, 0.1) is 0 Å². The number of oxazole rings is 1. The zero-order valence-electron chi connectivity index (χ0n) is 7.28. The number of rotatable bonds is 2. The molecule has 0 saturated carbocycles. The fourth-order valence-corrected chi connectivity index (χ4v) is 1.32. The predicted molar refractivity (Wildman–Crippen MR) is 50.7 cm³/mol. The van der Waals surface area contributed by atoms with Gasteiger partial charge in [-0.05, 0) is 23.7 Å². The molecule has 0 saturated heterocycles. The first-order valence-corrected chi connectivity index (χ1v) is 4.23. The first-order chi connectivity index (χ1) is 6.72. The average Bonchev–Trinajstić information content (AvgIpc) is 2.59. The van der Waals surface area contributed by atoms with Crippen molar-refractivity contribution in [2.24, 2.45) is 0 Å². The van der Waals surface area contributed by atoms with Gasteiger partial charge in [0, 0.05) is 0 Å². The van der Waals surface area contributed by atoms with E-state index in [0.717, 1.165) is 0 Å². The summed E-state index contributed by atoms with van der Waals surface area (Å²) in [7, 11) is 1.44. The Labute approximate surface area is 84.4 Å². The van der Waals surface area contributed by atoms with Crippen LogP contribution in [-0.2, 0) is 0 Å². The number of hydrogen-bond donors (Lipinski definition) is 0. The number of ether oxygens (including phenoxy) is 1. The SMILES string of the molecule is COc1nc2cccc(C(=O)Cl)c2o1. The number of benzene rings is 1. The molecule has 1 aromatic carbocycles. The van der Waals surface area contributed by atoms with Crippen molar-refractivity contribution in [3.8, 4) is 6.08 Å². The molecule has 0 aliphatic rings. The number of aromatic nitrogens is 1. The zero-order chi connectivity index (χ0) is 10.1. The number of carbonyl (C=O) groups excluding carboxylic acids is 1. The van der Waals surface area contributed by atoms with E-state index in [4.69, 9.17) is 20.8 Å². The number of fused-ring (bicyclic) bond motifs is 1. The molecule has 72 valence electrons. The van der Waals surface area contributed by atoms with Crippen LogP contribution in [0.5, 0.6) is 6.08 Å². The summed E-state index contributed by atoms with van der Waals surface area (Å²) < 4.78 is 9.97. The maximum Gasteiger partial charge on any atom is 0.394 e. The Morgan fingerprint density at radius 1 is 1.57 bits per heavy atom. The summed E-state index contributed by atoms with van der Waals surface area (Å²) in [5.74, 6) is 0. The average molecular weight is 212 g/mol. The van der Waals surface area contributed by atoms with E-state index in [9.17, 15) is 4.79 Å². The molecule has 2 aromatic rings. The summed E-state index contributed by atoms with van der Waals surface area (Å²) in [6.07, 6.45) is 0.116. The maximum atomic E-state index is 11.0. The Kier molecular flexibility index (Phi) is 2.13. The van der Waals surface area contributed by atoms with Crippen molar-refractivity contribution in [3.63, 3.8) is 0 Å². The van der Waals surface area contributed by atoms with Crippen molar-refractivity contribution in [2.75, 3.05) is 7.11 Å². The molecule has 0 spiro atoms. The highest BCUT2D eigenvalue weighted by atomic mass is 35.5. The third-order valence-corrected chi connectivity index (χ3v) is 1.99. The van der Waals surface area contributed by atoms with E-state index < -0.39 is 5.24 Å². The van der Waals surface area contributed by atoms with Crippen molar-refractivity contribution >= 4 is 27.9 Å². The van der Waals surface area contributed by atoms with Gasteiger partial charge in [0.05, 0.1) is 12.7 Å². The summed E-state index contributed by atoms with van der Waals surface area (Å²) in [6, 6.07) is 4.97. The van der Waals surface area contributed by atoms with Crippen molar-refractivity contribution in [3.05, 3.63) is 23.8 Å². The Bertz CT molecular complexity index is 492. The second-order valence-corrected chi connectivity index (χ2v) is 2.95. The molecule has 4 nitrogen and oxygen atoms in total. The maximum absolute atomic E-state index is 11.0. The van der Waals surface area contributed by atoms with Gasteiger partial charge in [-0.15, -0.1) is 0 Å². The van der Waals surface area contributed by atoms with Gasteiger partial charge in [-0.25, -0.2) is 0 Å². The predicted octanol–water partition coefficient (Wildman–Crippen LogP) is 2.22. The number of hydrogen-bond acceptors (Lipinski definition) is 4. The van der Waals surface area contributed by atoms with Crippen LogP contribution in [0.1, 0.15) is 10.4 Å². The molecule has 2 rings (SSSR count). The van der Waals surface area contributed by atoms with Crippen molar-refractivity contribution < 1.29 is 13.9 Å². The van der Waals surface area contributed by atoms with E-state index >= 15 is 0 Å². The van der Waals surface area contributed by atoms with E-state index in [1.54, 1.807) is 18.2 Å². The first-order valence-electron chi connectivity index (χ1n) is 3.85. The van der Waals surface area contributed by atoms with Crippen LogP contribution in [0.2, 0.25) is 0 Å². The summed E-state index contributed by atoms with van der Waals surface area (Å²) >= 11 is 5.37. The standard InChI is InChI=1S/C9H6ClNO3/c1-13-9-11-6-4-2-3-5(8(10)12)7(6)14-9/h2-4H,1H3. The van der Waals surface area contributed by atoms with Gasteiger partial charge in [-0.1, -0.05) is 6.07 Å². The molecule has 0 N–H and O–H groups in total. The number of para-hydroxylation sites is 1. The van der Waals surface area contributed by atoms with Crippen LogP contribution in [0.3, 0.4) is 0 Å². The van der Waals surface area contributed by atoms with Gasteiger partial charge in [-0.3, -0.25) is 4.79 Å². The summed E-state index contributed by atoms with van der Waals surface area (Å²) in [5.41, 5.74) is 1.19. The molecule has 0 unspecified atom stereocenters. The molecule has 1 aromatic heterocycles. The Morgan fingerprint density at radius 2 is 2.36 bits per heavy atom. The van der Waals surface area contributed by atoms with E-state index in [1.165, 1.54) is 7.11 Å². The van der Waals surface area contributed by atoms with Crippen molar-refractivity contribution in [2.45, 2.75) is 0 Å². The topological polar surface area (TPSA) is 52.3 Å². The van der Waals surface area contributed by atoms with Gasteiger partial charge in [0.2, 0.25) is 0 Å². The molecular formula is C9H6ClNO3. The largest absolute Gasteiger partial charge is 0.453 e. The van der Waals surface area contributed by atoms with E-state index in [2.05, 4.69) is 4.98 Å². The Hall–Kier alpha value is -1.55. The molecule has 0 amide bonds. The highest BCUT2D eigenvalue weighted by Crippen LogP contribution is 2.24. The molecule has 14 heavy (non-hydrogen) atoms. The van der Waals surface area contributed by atoms with Gasteiger partial charge in [0.1, 0.15) is 5.52 Å². The molecule has 0 radical (unpaired) electrons. The summed E-state index contributed by atoms with van der Waals surface area (Å²) in [4.78, 5) is 15.0. The van der Waals surface area contributed by atoms with Crippen LogP contribution in [0.25, 0.3) is 11.1 Å². The second kappa shape index (κ2) is 3.31. The Balaban J connectivity index is 2.73. The summed E-state index contributed by atoms with van der Waals surface area (Å²) in [6.45, 7) is 0. The molecule has 0 bridgehead atoms. The van der Waals surface area contributed by atoms with Crippen LogP contribution >= 0.6 is 11.6 Å². The lowest BCUT2D eigenvalue weighted by Gasteiger charge is -1.92. The number of halogens is 1. The third kappa shape index (κ3) is 1.33. The monoisotopic (exact) mass is 211 g/mol. The molecule has 0 atom stereocenters. The minimum Gasteiger partial charge on any atom is -0.453 e. The van der Waals surface area contributed by atoms with Crippen LogP contribution in [0.4, 0.5) is 0 Å². The minimum atomic E-state index is -0.575. The smallest absolute Gasteiger partial charge is 0.394 e. The molecule has 0 aliphatic carbocycles. The summed E-state index contributed by atoms with van der Waals surface area (Å²) in [5, 5.41) is -0.575. The van der Waals surface area contributed by atoms with Crippen molar-refractivity contribution in [1.29, 1.82) is 0 Å². The number of carbonyl (C=O) groups is 1. The highest BCUT2D eigenvalue weighted by Gasteiger charge is 2.13. The van der Waals surface area contributed by atoms with Gasteiger partial charge in [0.25, 0.3) is 5.24 Å². The normalized spacial score (nSPS) is 10.4. The molecule has 0 aliphatic heterocycles. The quantitative estimate of drug-likeness (QED) is 0.715. The fourth-order valence-electron chi connectivity index (χ4n) is 1.17. The molecule has 5 heteroatoms. The number of methoxy groups -OCH3 is 1. The highest BCUT2D eigenvalue weighted by molar-refractivity contribution is 6.68. The Morgan fingerprint density at radius 3 is 3.00 bits per heavy atom. The molecular weight excluding hydrogens is 206 g/mol.